The third kappa shape index (κ3) is 4.34. The Morgan fingerprint density at radius 2 is 2.14 bits per heavy atom. The Hall–Kier alpha value is -1.79. The largest absolute Gasteiger partial charge is 0.493 e. The van der Waals surface area contributed by atoms with E-state index in [4.69, 9.17) is 20.3 Å². The first kappa shape index (κ1) is 17.3. The monoisotopic (exact) mass is 296 g/mol. The molecule has 118 valence electrons. The van der Waals surface area contributed by atoms with Gasteiger partial charge in [0.15, 0.2) is 11.5 Å². The highest BCUT2D eigenvalue weighted by Gasteiger charge is 2.31. The van der Waals surface area contributed by atoms with E-state index in [-0.39, 0.29) is 12.7 Å². The van der Waals surface area contributed by atoms with Crippen molar-refractivity contribution in [2.75, 3.05) is 14.2 Å². The number of carbonyl (C=O) groups is 1. The van der Waals surface area contributed by atoms with Crippen LogP contribution in [-0.2, 0) is 11.4 Å². The molecule has 1 aromatic carbocycles. The van der Waals surface area contributed by atoms with E-state index in [1.54, 1.807) is 32.2 Å². The number of rotatable bonds is 8. The molecule has 4 N–H and O–H groups in total. The Kier molecular flexibility index (Phi) is 5.99. The van der Waals surface area contributed by atoms with Gasteiger partial charge in [0, 0.05) is 6.42 Å². The van der Waals surface area contributed by atoms with Crippen LogP contribution in [0.15, 0.2) is 18.2 Å². The van der Waals surface area contributed by atoms with E-state index < -0.39 is 11.4 Å². The molecular formula is C15H24N2O4. The number of carbonyl (C=O) groups excluding carboxylic acids is 1. The molecule has 0 heterocycles. The van der Waals surface area contributed by atoms with Gasteiger partial charge in [-0.1, -0.05) is 6.07 Å². The second kappa shape index (κ2) is 7.28. The molecule has 0 spiro atoms. The zero-order valence-electron chi connectivity index (χ0n) is 13.0. The van der Waals surface area contributed by atoms with Gasteiger partial charge in [-0.3, -0.25) is 4.79 Å². The fraction of sp³-hybridized carbons (Fsp3) is 0.533. The van der Waals surface area contributed by atoms with Gasteiger partial charge >= 0.3 is 0 Å². The summed E-state index contributed by atoms with van der Waals surface area (Å²) in [6.07, 6.45) is 0.174. The van der Waals surface area contributed by atoms with E-state index in [9.17, 15) is 4.79 Å². The molecule has 0 aliphatic rings. The first-order valence-corrected chi connectivity index (χ1v) is 6.79. The van der Waals surface area contributed by atoms with Crippen molar-refractivity contribution in [1.82, 2.24) is 5.32 Å². The van der Waals surface area contributed by atoms with Gasteiger partial charge in [-0.15, -0.1) is 0 Å². The minimum Gasteiger partial charge on any atom is -0.493 e. The van der Waals surface area contributed by atoms with Crippen LogP contribution in [0.2, 0.25) is 0 Å². The van der Waals surface area contributed by atoms with Crippen LogP contribution in [-0.4, -0.2) is 36.8 Å². The molecule has 2 atom stereocenters. The summed E-state index contributed by atoms with van der Waals surface area (Å²) in [7, 11) is 3.23. The molecule has 6 nitrogen and oxygen atoms in total. The first-order valence-electron chi connectivity index (χ1n) is 6.79. The van der Waals surface area contributed by atoms with Gasteiger partial charge in [-0.05, 0) is 38.6 Å². The van der Waals surface area contributed by atoms with E-state index in [1.165, 1.54) is 7.11 Å². The van der Waals surface area contributed by atoms with Crippen LogP contribution < -0.4 is 20.5 Å². The maximum absolute atomic E-state index is 11.5. The highest BCUT2D eigenvalue weighted by atomic mass is 16.5. The predicted octanol–water partition coefficient (Wildman–Crippen LogP) is 0.808. The number of hydrogen-bond acceptors (Lipinski definition) is 5. The number of ether oxygens (including phenoxy) is 2. The second-order valence-electron chi connectivity index (χ2n) is 5.22. The summed E-state index contributed by atoms with van der Waals surface area (Å²) in [5, 5.41) is 12.0. The summed E-state index contributed by atoms with van der Waals surface area (Å²) >= 11 is 0. The summed E-state index contributed by atoms with van der Waals surface area (Å²) in [5.41, 5.74) is 5.31. The van der Waals surface area contributed by atoms with Crippen LogP contribution >= 0.6 is 0 Å². The smallest absolute Gasteiger partial charge is 0.237 e. The highest BCUT2D eigenvalue weighted by molar-refractivity contribution is 5.84. The maximum Gasteiger partial charge on any atom is 0.237 e. The average Bonchev–Trinajstić information content (AvgIpc) is 2.47. The van der Waals surface area contributed by atoms with Crippen molar-refractivity contribution in [1.29, 1.82) is 0 Å². The van der Waals surface area contributed by atoms with E-state index in [2.05, 4.69) is 5.32 Å². The van der Waals surface area contributed by atoms with Gasteiger partial charge in [0.1, 0.15) is 0 Å². The lowest BCUT2D eigenvalue weighted by molar-refractivity contribution is -0.124. The van der Waals surface area contributed by atoms with E-state index in [0.29, 0.717) is 17.9 Å². The molecule has 2 unspecified atom stereocenters. The molecule has 1 rings (SSSR count). The topological polar surface area (TPSA) is 93.8 Å². The summed E-state index contributed by atoms with van der Waals surface area (Å²) in [5.74, 6) is 0.673. The van der Waals surface area contributed by atoms with Crippen LogP contribution in [0.4, 0.5) is 0 Å². The third-order valence-electron chi connectivity index (χ3n) is 3.53. The third-order valence-corrected chi connectivity index (χ3v) is 3.53. The Morgan fingerprint density at radius 3 is 2.62 bits per heavy atom. The molecule has 0 radical (unpaired) electrons. The summed E-state index contributed by atoms with van der Waals surface area (Å²) < 4.78 is 11.1. The van der Waals surface area contributed by atoms with Crippen molar-refractivity contribution in [2.24, 2.45) is 5.73 Å². The van der Waals surface area contributed by atoms with Gasteiger partial charge < -0.3 is 25.6 Å². The van der Waals surface area contributed by atoms with Gasteiger partial charge in [-0.25, -0.2) is 0 Å². The molecule has 0 fully saturated rings. The molecule has 0 saturated carbocycles. The molecule has 6 heteroatoms. The number of aliphatic hydroxyl groups excluding tert-OH is 1. The lowest BCUT2D eigenvalue weighted by atomic mass is 9.94. The van der Waals surface area contributed by atoms with Crippen molar-refractivity contribution in [3.63, 3.8) is 0 Å². The maximum atomic E-state index is 11.5. The number of primary amides is 1. The van der Waals surface area contributed by atoms with Crippen LogP contribution in [0.25, 0.3) is 0 Å². The lowest BCUT2D eigenvalue weighted by Crippen LogP contribution is -2.53. The minimum absolute atomic E-state index is 0.0638. The number of amides is 1. The zero-order valence-corrected chi connectivity index (χ0v) is 13.0. The van der Waals surface area contributed by atoms with Gasteiger partial charge in [0.05, 0.1) is 25.4 Å². The number of hydrogen-bond donors (Lipinski definition) is 3. The normalized spacial score (nSPS) is 15.1. The molecule has 1 amide bonds. The SMILES string of the molecule is CNC(C)(CC(C)Oc1ccc(CO)cc1OC)C(N)=O. The fourth-order valence-corrected chi connectivity index (χ4v) is 2.07. The number of likely N-dealkylation sites (N-methyl/N-ethyl adjacent to an activating group) is 1. The van der Waals surface area contributed by atoms with Crippen LogP contribution in [0.5, 0.6) is 11.5 Å². The van der Waals surface area contributed by atoms with Crippen LogP contribution in [0.1, 0.15) is 25.8 Å². The van der Waals surface area contributed by atoms with Gasteiger partial charge in [0.2, 0.25) is 5.91 Å². The van der Waals surface area contributed by atoms with Crippen molar-refractivity contribution >= 4 is 5.91 Å². The standard InChI is InChI=1S/C15H24N2O4/c1-10(8-15(2,17-3)14(16)19)21-12-6-5-11(9-18)7-13(12)20-4/h5-7,10,17-18H,8-9H2,1-4H3,(H2,16,19). The summed E-state index contributed by atoms with van der Waals surface area (Å²) in [4.78, 5) is 11.5. The summed E-state index contributed by atoms with van der Waals surface area (Å²) in [6.45, 7) is 3.53. The molecule has 0 aromatic heterocycles. The molecule has 0 saturated heterocycles. The summed E-state index contributed by atoms with van der Waals surface area (Å²) in [6, 6.07) is 5.21. The van der Waals surface area contributed by atoms with Crippen LogP contribution in [0, 0.1) is 0 Å². The van der Waals surface area contributed by atoms with Crippen molar-refractivity contribution in [3.8, 4) is 11.5 Å². The highest BCUT2D eigenvalue weighted by Crippen LogP contribution is 2.30. The number of aliphatic hydroxyl groups is 1. The Balaban J connectivity index is 2.83. The number of methoxy groups -OCH3 is 1. The Labute approximate surface area is 125 Å². The van der Waals surface area contributed by atoms with E-state index in [1.807, 2.05) is 6.92 Å². The van der Waals surface area contributed by atoms with Crippen molar-refractivity contribution in [3.05, 3.63) is 23.8 Å². The zero-order chi connectivity index (χ0) is 16.0. The number of nitrogens with one attached hydrogen (secondary N) is 1. The molecule has 21 heavy (non-hydrogen) atoms. The molecule has 1 aromatic rings. The number of nitrogens with two attached hydrogens (primary N) is 1. The van der Waals surface area contributed by atoms with E-state index >= 15 is 0 Å². The van der Waals surface area contributed by atoms with Crippen molar-refractivity contribution in [2.45, 2.75) is 38.5 Å². The second-order valence-corrected chi connectivity index (χ2v) is 5.22. The molecule has 0 bridgehead atoms. The van der Waals surface area contributed by atoms with Crippen LogP contribution in [0.3, 0.4) is 0 Å². The van der Waals surface area contributed by atoms with Gasteiger partial charge in [0.25, 0.3) is 0 Å². The number of benzene rings is 1. The first-order chi connectivity index (χ1) is 9.86. The fourth-order valence-electron chi connectivity index (χ4n) is 2.07. The van der Waals surface area contributed by atoms with E-state index in [0.717, 1.165) is 5.56 Å². The quantitative estimate of drug-likeness (QED) is 0.660. The average molecular weight is 296 g/mol. The molecule has 0 aliphatic carbocycles. The lowest BCUT2D eigenvalue weighted by Gasteiger charge is -2.29. The molecule has 0 aliphatic heterocycles. The Bertz CT molecular complexity index is 493. The Morgan fingerprint density at radius 1 is 1.48 bits per heavy atom. The van der Waals surface area contributed by atoms with Gasteiger partial charge in [-0.2, -0.15) is 0 Å². The molecular weight excluding hydrogens is 272 g/mol. The minimum atomic E-state index is -0.836. The predicted molar refractivity (Wildman–Crippen MR) is 80.3 cm³/mol. The van der Waals surface area contributed by atoms with Crippen molar-refractivity contribution < 1.29 is 19.4 Å².